The van der Waals surface area contributed by atoms with E-state index in [0.29, 0.717) is 29.5 Å². The summed E-state index contributed by atoms with van der Waals surface area (Å²) in [6, 6.07) is 21.6. The van der Waals surface area contributed by atoms with Gasteiger partial charge in [-0.2, -0.15) is 10.1 Å². The fraction of sp³-hybridized carbons (Fsp3) is 0.115. The maximum Gasteiger partial charge on any atom is 0.263 e. The van der Waals surface area contributed by atoms with E-state index in [2.05, 4.69) is 37.2 Å². The molecule has 2 aromatic heterocycles. The lowest BCUT2D eigenvalue weighted by Gasteiger charge is -2.10. The van der Waals surface area contributed by atoms with Crippen LogP contribution in [0.5, 0.6) is 0 Å². The number of hydrogen-bond acceptors (Lipinski definition) is 6. The Morgan fingerprint density at radius 1 is 0.946 bits per heavy atom. The molecule has 0 amide bonds. The highest BCUT2D eigenvalue weighted by molar-refractivity contribution is 7.92. The van der Waals surface area contributed by atoms with Gasteiger partial charge in [-0.25, -0.2) is 18.1 Å². The number of fused-ring (bicyclic) bond motifs is 1. The van der Waals surface area contributed by atoms with Crippen molar-refractivity contribution in [2.45, 2.75) is 11.3 Å². The molecule has 5 aromatic rings. The number of anilines is 2. The molecule has 0 saturated heterocycles. The Hall–Kier alpha value is -3.66. The van der Waals surface area contributed by atoms with E-state index >= 15 is 0 Å². The van der Waals surface area contributed by atoms with E-state index in [1.54, 1.807) is 35.1 Å². The van der Waals surface area contributed by atoms with Crippen LogP contribution in [-0.2, 0) is 23.5 Å². The topological polar surface area (TPSA) is 102 Å². The maximum absolute atomic E-state index is 12.8. The van der Waals surface area contributed by atoms with Crippen LogP contribution in [-0.4, -0.2) is 34.7 Å². The Balaban J connectivity index is 1.33. The van der Waals surface area contributed by atoms with Crippen LogP contribution in [0, 0.1) is 0 Å². The highest BCUT2D eigenvalue weighted by Gasteiger charge is 2.20. The predicted octanol–water partition coefficient (Wildman–Crippen LogP) is 5.79. The zero-order chi connectivity index (χ0) is 26.0. The molecule has 2 heterocycles. The second-order valence-electron chi connectivity index (χ2n) is 8.30. The lowest BCUT2D eigenvalue weighted by atomic mass is 10.1. The fourth-order valence-corrected chi connectivity index (χ4v) is 5.72. The zero-order valence-corrected chi connectivity index (χ0v) is 22.0. The number of hydrogen-bond donors (Lipinski definition) is 2. The molecule has 0 aliphatic carbocycles. The lowest BCUT2D eigenvalue weighted by Crippen LogP contribution is -2.13. The van der Waals surface area contributed by atoms with E-state index in [4.69, 9.17) is 23.2 Å². The molecular formula is C26H22Cl2N6O2S. The highest BCUT2D eigenvalue weighted by atomic mass is 35.5. The van der Waals surface area contributed by atoms with Crippen LogP contribution in [0.2, 0.25) is 10.0 Å². The average molecular weight is 553 g/mol. The first-order valence-electron chi connectivity index (χ1n) is 11.4. The summed E-state index contributed by atoms with van der Waals surface area (Å²) >= 11 is 12.1. The minimum Gasteiger partial charge on any atom is -0.354 e. The van der Waals surface area contributed by atoms with Crippen LogP contribution in [0.15, 0.2) is 83.9 Å². The quantitative estimate of drug-likeness (QED) is 0.252. The van der Waals surface area contributed by atoms with Crippen molar-refractivity contribution in [1.29, 1.82) is 0 Å². The van der Waals surface area contributed by atoms with Gasteiger partial charge < -0.3 is 5.32 Å². The van der Waals surface area contributed by atoms with E-state index in [1.807, 2.05) is 25.2 Å². The van der Waals surface area contributed by atoms with Crippen LogP contribution in [0.4, 0.5) is 11.6 Å². The molecule has 0 atom stereocenters. The summed E-state index contributed by atoms with van der Waals surface area (Å²) in [5, 5.41) is 8.81. The van der Waals surface area contributed by atoms with Crippen molar-refractivity contribution >= 4 is 55.9 Å². The summed E-state index contributed by atoms with van der Waals surface area (Å²) in [7, 11) is -2.09. The van der Waals surface area contributed by atoms with Crippen molar-refractivity contribution in [3.05, 3.63) is 94.6 Å². The Bertz CT molecular complexity index is 1670. The van der Waals surface area contributed by atoms with Crippen LogP contribution < -0.4 is 10.0 Å². The Morgan fingerprint density at radius 3 is 2.46 bits per heavy atom. The van der Waals surface area contributed by atoms with Gasteiger partial charge in [0.1, 0.15) is 10.6 Å². The molecule has 0 aliphatic rings. The molecule has 37 heavy (non-hydrogen) atoms. The minimum absolute atomic E-state index is 0.0258. The van der Waals surface area contributed by atoms with Crippen molar-refractivity contribution in [2.24, 2.45) is 7.05 Å². The molecule has 0 aliphatic heterocycles. The molecule has 0 spiro atoms. The largest absolute Gasteiger partial charge is 0.354 e. The molecule has 8 nitrogen and oxygen atoms in total. The third kappa shape index (κ3) is 5.39. The summed E-state index contributed by atoms with van der Waals surface area (Å²) in [5.74, 6) is 0.530. The Labute approximate surface area is 224 Å². The third-order valence-corrected chi connectivity index (χ3v) is 8.09. The average Bonchev–Trinajstić information content (AvgIpc) is 3.22. The lowest BCUT2D eigenvalue weighted by molar-refractivity contribution is 0.601. The normalized spacial score (nSPS) is 11.5. The van der Waals surface area contributed by atoms with Crippen molar-refractivity contribution in [1.82, 2.24) is 19.7 Å². The van der Waals surface area contributed by atoms with Gasteiger partial charge in [-0.3, -0.25) is 4.72 Å². The number of nitrogens with one attached hydrogen (secondary N) is 2. The van der Waals surface area contributed by atoms with Gasteiger partial charge in [0.25, 0.3) is 10.0 Å². The van der Waals surface area contributed by atoms with E-state index in [-0.39, 0.29) is 14.9 Å². The van der Waals surface area contributed by atoms with Crippen molar-refractivity contribution in [3.8, 4) is 11.3 Å². The molecule has 0 radical (unpaired) electrons. The molecule has 3 aromatic carbocycles. The van der Waals surface area contributed by atoms with Gasteiger partial charge in [-0.15, -0.1) is 0 Å². The predicted molar refractivity (Wildman–Crippen MR) is 148 cm³/mol. The smallest absolute Gasteiger partial charge is 0.263 e. The number of halogens is 2. The molecule has 5 rings (SSSR count). The molecule has 0 unspecified atom stereocenters. The van der Waals surface area contributed by atoms with Gasteiger partial charge in [-0.05, 0) is 36.2 Å². The molecule has 0 fully saturated rings. The van der Waals surface area contributed by atoms with Gasteiger partial charge >= 0.3 is 0 Å². The number of nitrogens with zero attached hydrogens (tertiary/aromatic N) is 4. The monoisotopic (exact) mass is 552 g/mol. The van der Waals surface area contributed by atoms with Gasteiger partial charge in [0.15, 0.2) is 5.65 Å². The van der Waals surface area contributed by atoms with Crippen LogP contribution in [0.1, 0.15) is 5.56 Å². The first-order chi connectivity index (χ1) is 17.8. The number of rotatable bonds is 8. The van der Waals surface area contributed by atoms with Gasteiger partial charge in [0, 0.05) is 31.0 Å². The number of benzene rings is 3. The molecule has 0 saturated carbocycles. The minimum atomic E-state index is -3.92. The fourth-order valence-electron chi connectivity index (χ4n) is 3.90. The van der Waals surface area contributed by atoms with E-state index in [1.165, 1.54) is 23.8 Å². The van der Waals surface area contributed by atoms with E-state index < -0.39 is 10.0 Å². The van der Waals surface area contributed by atoms with Gasteiger partial charge in [0.2, 0.25) is 5.95 Å². The zero-order valence-electron chi connectivity index (χ0n) is 19.7. The molecule has 2 N–H and O–H groups in total. The van der Waals surface area contributed by atoms with Crippen LogP contribution in [0.25, 0.3) is 22.3 Å². The first-order valence-corrected chi connectivity index (χ1v) is 13.6. The summed E-state index contributed by atoms with van der Waals surface area (Å²) < 4.78 is 29.8. The van der Waals surface area contributed by atoms with Crippen molar-refractivity contribution in [2.75, 3.05) is 16.6 Å². The molecule has 188 valence electrons. The van der Waals surface area contributed by atoms with Gasteiger partial charge in [-0.1, -0.05) is 71.7 Å². The number of aromatic nitrogens is 4. The Kier molecular flexibility index (Phi) is 7.01. The summed E-state index contributed by atoms with van der Waals surface area (Å²) in [4.78, 5) is 9.00. The standard InChI is InChI=1S/C26H22Cl2N6O2S/c1-34-25-20(16-30-26(31-25)29-15-14-17-6-3-2-4-7-17)24(32-34)18-10-12-19(13-11-18)33-37(35,36)22-9-5-8-21(27)23(22)28/h2-13,16,33H,14-15H2,1H3,(H,29,30,31). The van der Waals surface area contributed by atoms with Crippen LogP contribution in [0.3, 0.4) is 0 Å². The summed E-state index contributed by atoms with van der Waals surface area (Å²) in [6.45, 7) is 0.706. The second-order valence-corrected chi connectivity index (χ2v) is 10.7. The van der Waals surface area contributed by atoms with E-state index in [0.717, 1.165) is 17.4 Å². The van der Waals surface area contributed by atoms with Crippen molar-refractivity contribution in [3.63, 3.8) is 0 Å². The summed E-state index contributed by atoms with van der Waals surface area (Å²) in [6.07, 6.45) is 2.60. The van der Waals surface area contributed by atoms with Crippen molar-refractivity contribution < 1.29 is 8.42 Å². The SMILES string of the molecule is Cn1nc(-c2ccc(NS(=O)(=O)c3cccc(Cl)c3Cl)cc2)c2cnc(NCCc3ccccc3)nc21. The number of sulfonamides is 1. The van der Waals surface area contributed by atoms with Gasteiger partial charge in [0.05, 0.1) is 15.4 Å². The Morgan fingerprint density at radius 2 is 1.70 bits per heavy atom. The number of aryl methyl sites for hydroxylation is 1. The highest BCUT2D eigenvalue weighted by Crippen LogP contribution is 2.31. The molecule has 0 bridgehead atoms. The second kappa shape index (κ2) is 10.4. The maximum atomic E-state index is 12.8. The first kappa shape index (κ1) is 25.0. The summed E-state index contributed by atoms with van der Waals surface area (Å²) in [5.41, 5.74) is 3.79. The molecular weight excluding hydrogens is 531 g/mol. The third-order valence-electron chi connectivity index (χ3n) is 5.74. The van der Waals surface area contributed by atoms with E-state index in [9.17, 15) is 8.42 Å². The molecule has 11 heteroatoms. The van der Waals surface area contributed by atoms with Crippen LogP contribution >= 0.6 is 23.2 Å².